The first-order valence-corrected chi connectivity index (χ1v) is 9.58. The Morgan fingerprint density at radius 2 is 2.00 bits per heavy atom. The third-order valence-electron chi connectivity index (χ3n) is 4.58. The van der Waals surface area contributed by atoms with Crippen LogP contribution in [0.3, 0.4) is 0 Å². The van der Waals surface area contributed by atoms with Crippen LogP contribution in [-0.2, 0) is 6.54 Å². The van der Waals surface area contributed by atoms with Crippen LogP contribution < -0.4 is 20.3 Å². The Labute approximate surface area is 163 Å². The van der Waals surface area contributed by atoms with Crippen LogP contribution in [0.4, 0.5) is 5.69 Å². The first-order chi connectivity index (χ1) is 12.7. The lowest BCUT2D eigenvalue weighted by Gasteiger charge is -2.20. The number of anilines is 1. The summed E-state index contributed by atoms with van der Waals surface area (Å²) in [5.41, 5.74) is 2.37. The fourth-order valence-corrected chi connectivity index (χ4v) is 3.44. The van der Waals surface area contributed by atoms with Gasteiger partial charge >= 0.3 is 0 Å². The Bertz CT molecular complexity index is 748. The Balaban J connectivity index is 1.53. The zero-order chi connectivity index (χ0) is 18.4. The SMILES string of the molecule is CN=C(NCc1ccccc1OC)NC1CCN(c2ccc(Br)cc2)C1. The van der Waals surface area contributed by atoms with E-state index in [1.54, 1.807) is 14.2 Å². The molecular formula is C20H25BrN4O. The van der Waals surface area contributed by atoms with Crippen LogP contribution in [0.1, 0.15) is 12.0 Å². The van der Waals surface area contributed by atoms with E-state index in [4.69, 9.17) is 4.74 Å². The standard InChI is InChI=1S/C20H25BrN4O/c1-22-20(23-13-15-5-3-4-6-19(15)26-2)24-17-11-12-25(14-17)18-9-7-16(21)8-10-18/h3-10,17H,11-14H2,1-2H3,(H2,22,23,24). The van der Waals surface area contributed by atoms with E-state index in [0.29, 0.717) is 12.6 Å². The minimum absolute atomic E-state index is 0.377. The second-order valence-electron chi connectivity index (χ2n) is 6.29. The van der Waals surface area contributed by atoms with E-state index in [0.717, 1.165) is 41.3 Å². The van der Waals surface area contributed by atoms with Crippen molar-refractivity contribution >= 4 is 27.6 Å². The van der Waals surface area contributed by atoms with Crippen LogP contribution in [0.25, 0.3) is 0 Å². The molecule has 6 heteroatoms. The number of nitrogens with one attached hydrogen (secondary N) is 2. The van der Waals surface area contributed by atoms with E-state index in [1.807, 2.05) is 18.2 Å². The zero-order valence-corrected chi connectivity index (χ0v) is 16.8. The van der Waals surface area contributed by atoms with Crippen LogP contribution in [0.2, 0.25) is 0 Å². The maximum atomic E-state index is 5.41. The molecule has 0 amide bonds. The van der Waals surface area contributed by atoms with Gasteiger partial charge in [0.2, 0.25) is 0 Å². The molecule has 0 saturated carbocycles. The number of nitrogens with zero attached hydrogens (tertiary/aromatic N) is 2. The summed E-state index contributed by atoms with van der Waals surface area (Å²) in [4.78, 5) is 6.76. The molecule has 1 saturated heterocycles. The van der Waals surface area contributed by atoms with Gasteiger partial charge in [-0.25, -0.2) is 0 Å². The molecule has 1 atom stereocenters. The van der Waals surface area contributed by atoms with Crippen molar-refractivity contribution in [3.63, 3.8) is 0 Å². The second-order valence-corrected chi connectivity index (χ2v) is 7.21. The Morgan fingerprint density at radius 1 is 1.23 bits per heavy atom. The number of benzene rings is 2. The Hall–Kier alpha value is -2.21. The molecule has 1 aliphatic rings. The molecule has 5 nitrogen and oxygen atoms in total. The molecule has 1 fully saturated rings. The van der Waals surface area contributed by atoms with Gasteiger partial charge in [0.15, 0.2) is 5.96 Å². The smallest absolute Gasteiger partial charge is 0.191 e. The van der Waals surface area contributed by atoms with Crippen molar-refractivity contribution in [2.45, 2.75) is 19.0 Å². The van der Waals surface area contributed by atoms with Gasteiger partial charge in [-0.1, -0.05) is 34.1 Å². The van der Waals surface area contributed by atoms with E-state index >= 15 is 0 Å². The van der Waals surface area contributed by atoms with E-state index < -0.39 is 0 Å². The molecule has 26 heavy (non-hydrogen) atoms. The zero-order valence-electron chi connectivity index (χ0n) is 15.2. The molecule has 1 aliphatic heterocycles. The minimum Gasteiger partial charge on any atom is -0.496 e. The van der Waals surface area contributed by atoms with Gasteiger partial charge in [-0.15, -0.1) is 0 Å². The van der Waals surface area contributed by atoms with Crippen LogP contribution in [0.5, 0.6) is 5.75 Å². The van der Waals surface area contributed by atoms with Crippen LogP contribution in [0.15, 0.2) is 58.0 Å². The van der Waals surface area contributed by atoms with Crippen LogP contribution >= 0.6 is 15.9 Å². The van der Waals surface area contributed by atoms with E-state index in [2.05, 4.69) is 66.8 Å². The Kier molecular flexibility index (Phi) is 6.39. The molecule has 3 rings (SSSR count). The van der Waals surface area contributed by atoms with Gasteiger partial charge in [-0.3, -0.25) is 4.99 Å². The van der Waals surface area contributed by atoms with E-state index in [9.17, 15) is 0 Å². The summed E-state index contributed by atoms with van der Waals surface area (Å²) in [7, 11) is 3.50. The first-order valence-electron chi connectivity index (χ1n) is 8.79. The van der Waals surface area contributed by atoms with Gasteiger partial charge in [0, 0.05) is 48.4 Å². The summed E-state index contributed by atoms with van der Waals surface area (Å²) in [6, 6.07) is 16.9. The summed E-state index contributed by atoms with van der Waals surface area (Å²) in [6.07, 6.45) is 1.09. The lowest BCUT2D eigenvalue weighted by molar-refractivity contribution is 0.409. The molecule has 0 spiro atoms. The number of halogens is 1. The van der Waals surface area contributed by atoms with Crippen molar-refractivity contribution in [2.75, 3.05) is 32.1 Å². The average Bonchev–Trinajstić information content (AvgIpc) is 3.14. The number of guanidine groups is 1. The quantitative estimate of drug-likeness (QED) is 0.579. The fraction of sp³-hybridized carbons (Fsp3) is 0.350. The number of hydrogen-bond acceptors (Lipinski definition) is 3. The number of rotatable bonds is 5. The molecule has 2 aromatic carbocycles. The maximum absolute atomic E-state index is 5.41. The number of aliphatic imine (C=N–C) groups is 1. The van der Waals surface area contributed by atoms with Gasteiger partial charge in [0.05, 0.1) is 7.11 Å². The topological polar surface area (TPSA) is 48.9 Å². The van der Waals surface area contributed by atoms with Crippen molar-refractivity contribution in [2.24, 2.45) is 4.99 Å². The first kappa shape index (κ1) is 18.6. The third kappa shape index (κ3) is 4.69. The highest BCUT2D eigenvalue weighted by molar-refractivity contribution is 9.10. The molecule has 1 heterocycles. The maximum Gasteiger partial charge on any atom is 0.191 e. The lowest BCUT2D eigenvalue weighted by Crippen LogP contribution is -2.44. The summed E-state index contributed by atoms with van der Waals surface area (Å²) < 4.78 is 6.51. The summed E-state index contributed by atoms with van der Waals surface area (Å²) in [5, 5.41) is 6.92. The Morgan fingerprint density at radius 3 is 2.73 bits per heavy atom. The molecule has 138 valence electrons. The van der Waals surface area contributed by atoms with Crippen molar-refractivity contribution in [1.82, 2.24) is 10.6 Å². The summed E-state index contributed by atoms with van der Waals surface area (Å²) in [5.74, 6) is 1.70. The van der Waals surface area contributed by atoms with Crippen LogP contribution in [0, 0.1) is 0 Å². The normalized spacial score (nSPS) is 17.3. The minimum atomic E-state index is 0.377. The number of ether oxygens (including phenoxy) is 1. The molecular weight excluding hydrogens is 392 g/mol. The van der Waals surface area contributed by atoms with Crippen molar-refractivity contribution in [3.8, 4) is 5.75 Å². The predicted molar refractivity (Wildman–Crippen MR) is 111 cm³/mol. The largest absolute Gasteiger partial charge is 0.496 e. The van der Waals surface area contributed by atoms with E-state index in [-0.39, 0.29) is 0 Å². The van der Waals surface area contributed by atoms with Gasteiger partial charge in [-0.05, 0) is 36.8 Å². The second kappa shape index (κ2) is 8.94. The van der Waals surface area contributed by atoms with Crippen molar-refractivity contribution in [1.29, 1.82) is 0 Å². The molecule has 1 unspecified atom stereocenters. The number of para-hydroxylation sites is 1. The van der Waals surface area contributed by atoms with E-state index in [1.165, 1.54) is 5.69 Å². The fourth-order valence-electron chi connectivity index (χ4n) is 3.18. The molecule has 0 aromatic heterocycles. The monoisotopic (exact) mass is 416 g/mol. The lowest BCUT2D eigenvalue weighted by atomic mass is 10.2. The highest BCUT2D eigenvalue weighted by atomic mass is 79.9. The van der Waals surface area contributed by atoms with Gasteiger partial charge in [0.1, 0.15) is 5.75 Å². The molecule has 2 aromatic rings. The summed E-state index contributed by atoms with van der Waals surface area (Å²) >= 11 is 3.49. The third-order valence-corrected chi connectivity index (χ3v) is 5.11. The van der Waals surface area contributed by atoms with Crippen molar-refractivity contribution < 1.29 is 4.74 Å². The number of hydrogen-bond donors (Lipinski definition) is 2. The highest BCUT2D eigenvalue weighted by Gasteiger charge is 2.23. The molecule has 2 N–H and O–H groups in total. The average molecular weight is 417 g/mol. The van der Waals surface area contributed by atoms with Crippen molar-refractivity contribution in [3.05, 3.63) is 58.6 Å². The molecule has 0 radical (unpaired) electrons. The molecule has 0 aliphatic carbocycles. The highest BCUT2D eigenvalue weighted by Crippen LogP contribution is 2.22. The van der Waals surface area contributed by atoms with Gasteiger partial charge < -0.3 is 20.3 Å². The van der Waals surface area contributed by atoms with Gasteiger partial charge in [-0.2, -0.15) is 0 Å². The van der Waals surface area contributed by atoms with Gasteiger partial charge in [0.25, 0.3) is 0 Å². The summed E-state index contributed by atoms with van der Waals surface area (Å²) in [6.45, 7) is 2.69. The molecule has 0 bridgehead atoms. The predicted octanol–water partition coefficient (Wildman–Crippen LogP) is 3.40. The number of methoxy groups -OCH3 is 1. The van der Waals surface area contributed by atoms with Crippen LogP contribution in [-0.4, -0.2) is 39.2 Å².